The number of halogens is 1. The minimum atomic E-state index is -0.281. The van der Waals surface area contributed by atoms with Gasteiger partial charge in [0.2, 0.25) is 5.95 Å². The van der Waals surface area contributed by atoms with Gasteiger partial charge in [-0.05, 0) is 31.2 Å². The van der Waals surface area contributed by atoms with Crippen LogP contribution in [0.25, 0.3) is 0 Å². The van der Waals surface area contributed by atoms with E-state index in [1.165, 1.54) is 6.20 Å². The third-order valence-corrected chi connectivity index (χ3v) is 2.52. The summed E-state index contributed by atoms with van der Waals surface area (Å²) in [6.45, 7) is 1.66. The van der Waals surface area contributed by atoms with Gasteiger partial charge in [-0.25, -0.2) is 4.98 Å². The summed E-state index contributed by atoms with van der Waals surface area (Å²) in [6, 6.07) is 7.01. The van der Waals surface area contributed by atoms with Gasteiger partial charge < -0.3 is 11.2 Å². The monoisotopic (exact) mass is 250 g/mol. The normalized spacial score (nSPS) is 10.2. The van der Waals surface area contributed by atoms with Crippen molar-refractivity contribution in [3.8, 4) is 0 Å². The lowest BCUT2D eigenvalue weighted by Gasteiger charge is -2.09. The van der Waals surface area contributed by atoms with Crippen molar-refractivity contribution in [2.24, 2.45) is 0 Å². The second-order valence-electron chi connectivity index (χ2n) is 3.57. The smallest absolute Gasteiger partial charge is 0.276 e. The summed E-state index contributed by atoms with van der Waals surface area (Å²) in [5, 5.41) is 3.57. The zero-order valence-corrected chi connectivity index (χ0v) is 9.90. The van der Waals surface area contributed by atoms with E-state index < -0.39 is 0 Å². The van der Waals surface area contributed by atoms with Crippen LogP contribution in [0.3, 0.4) is 0 Å². The van der Waals surface area contributed by atoms with Crippen LogP contribution < -0.4 is 16.7 Å². The van der Waals surface area contributed by atoms with E-state index in [-0.39, 0.29) is 11.5 Å². The minimum absolute atomic E-state index is 0.280. The predicted molar refractivity (Wildman–Crippen MR) is 68.1 cm³/mol. The molecule has 1 aromatic carbocycles. The van der Waals surface area contributed by atoms with E-state index in [0.29, 0.717) is 10.6 Å². The molecule has 0 bridgehead atoms. The van der Waals surface area contributed by atoms with E-state index >= 15 is 0 Å². The van der Waals surface area contributed by atoms with Crippen molar-refractivity contribution in [2.45, 2.75) is 6.92 Å². The fraction of sp³-hybridized carbons (Fsp3) is 0.0909. The van der Waals surface area contributed by atoms with Gasteiger partial charge in [0.05, 0.1) is 0 Å². The van der Waals surface area contributed by atoms with Gasteiger partial charge in [0.25, 0.3) is 5.56 Å². The van der Waals surface area contributed by atoms with Crippen LogP contribution in [0.4, 0.5) is 11.6 Å². The highest BCUT2D eigenvalue weighted by Crippen LogP contribution is 2.16. The predicted octanol–water partition coefficient (Wildman–Crippen LogP) is 1.66. The number of nitrogen functional groups attached to an aromatic ring is 1. The van der Waals surface area contributed by atoms with E-state index in [4.69, 9.17) is 17.4 Å². The lowest BCUT2D eigenvalue weighted by atomic mass is 10.3. The van der Waals surface area contributed by atoms with Crippen molar-refractivity contribution in [2.75, 3.05) is 11.2 Å². The van der Waals surface area contributed by atoms with Gasteiger partial charge >= 0.3 is 0 Å². The molecule has 0 radical (unpaired) electrons. The molecule has 1 aromatic heterocycles. The molecule has 1 heterocycles. The summed E-state index contributed by atoms with van der Waals surface area (Å²) in [4.78, 5) is 15.6. The van der Waals surface area contributed by atoms with Crippen molar-refractivity contribution in [1.29, 1.82) is 0 Å². The Bertz CT molecular complexity index is 591. The highest BCUT2D eigenvalue weighted by molar-refractivity contribution is 6.30. The molecule has 17 heavy (non-hydrogen) atoms. The van der Waals surface area contributed by atoms with Crippen LogP contribution in [0, 0.1) is 6.92 Å². The molecule has 0 amide bonds. The molecule has 88 valence electrons. The Kier molecular flexibility index (Phi) is 3.01. The average Bonchev–Trinajstić information content (AvgIpc) is 2.33. The molecule has 3 N–H and O–H groups in total. The van der Waals surface area contributed by atoms with Gasteiger partial charge in [0.15, 0.2) is 0 Å². The molecule has 0 atom stereocenters. The van der Waals surface area contributed by atoms with E-state index in [0.717, 1.165) is 10.4 Å². The molecule has 0 aliphatic carbocycles. The van der Waals surface area contributed by atoms with Crippen molar-refractivity contribution in [3.05, 3.63) is 51.4 Å². The van der Waals surface area contributed by atoms with Crippen LogP contribution in [0.15, 0.2) is 35.3 Å². The van der Waals surface area contributed by atoms with Gasteiger partial charge in [-0.15, -0.1) is 0 Å². The van der Waals surface area contributed by atoms with Gasteiger partial charge in [0, 0.05) is 22.5 Å². The highest BCUT2D eigenvalue weighted by Gasteiger charge is 2.04. The SMILES string of the molecule is Cc1cnc(Nc2ccc(Cl)cc2)n(N)c1=O. The molecule has 0 aliphatic rings. The summed E-state index contributed by atoms with van der Waals surface area (Å²) in [5.41, 5.74) is 0.968. The van der Waals surface area contributed by atoms with Crippen LogP contribution in [0.2, 0.25) is 5.02 Å². The molecule has 6 heteroatoms. The van der Waals surface area contributed by atoms with Crippen LogP contribution in [0.1, 0.15) is 5.56 Å². The molecule has 5 nitrogen and oxygen atoms in total. The summed E-state index contributed by atoms with van der Waals surface area (Å²) in [5.74, 6) is 5.89. The molecule has 0 unspecified atom stereocenters. The molecule has 2 aromatic rings. The molecular formula is C11H11ClN4O. The second-order valence-corrected chi connectivity index (χ2v) is 4.01. The standard InChI is InChI=1S/C11H11ClN4O/c1-7-6-14-11(16(13)10(7)17)15-9-4-2-8(12)3-5-9/h2-6H,13H2,1H3,(H,14,15). The van der Waals surface area contributed by atoms with E-state index in [1.807, 2.05) is 0 Å². The van der Waals surface area contributed by atoms with Crippen LogP contribution >= 0.6 is 11.6 Å². The Hall–Kier alpha value is -2.01. The van der Waals surface area contributed by atoms with E-state index in [2.05, 4.69) is 10.3 Å². The lowest BCUT2D eigenvalue weighted by Crippen LogP contribution is -2.31. The minimum Gasteiger partial charge on any atom is -0.333 e. The molecule has 0 spiro atoms. The fourth-order valence-corrected chi connectivity index (χ4v) is 1.44. The van der Waals surface area contributed by atoms with Crippen molar-refractivity contribution in [1.82, 2.24) is 9.66 Å². The number of aryl methyl sites for hydroxylation is 1. The summed E-state index contributed by atoms with van der Waals surface area (Å²) in [7, 11) is 0. The van der Waals surface area contributed by atoms with Crippen molar-refractivity contribution in [3.63, 3.8) is 0 Å². The Morgan fingerprint density at radius 2 is 2.00 bits per heavy atom. The molecule has 2 rings (SSSR count). The number of nitrogens with two attached hydrogens (primary N) is 1. The number of anilines is 2. The molecule has 0 saturated carbocycles. The first kappa shape index (κ1) is 11.5. The first-order valence-electron chi connectivity index (χ1n) is 4.94. The topological polar surface area (TPSA) is 72.9 Å². The zero-order chi connectivity index (χ0) is 12.4. The Labute approximate surface area is 103 Å². The van der Waals surface area contributed by atoms with Crippen LogP contribution in [0.5, 0.6) is 0 Å². The Morgan fingerprint density at radius 1 is 1.35 bits per heavy atom. The number of benzene rings is 1. The maximum atomic E-state index is 11.6. The third-order valence-electron chi connectivity index (χ3n) is 2.27. The maximum absolute atomic E-state index is 11.6. The second kappa shape index (κ2) is 4.47. The fourth-order valence-electron chi connectivity index (χ4n) is 1.32. The van der Waals surface area contributed by atoms with E-state index in [9.17, 15) is 4.79 Å². The molecule has 0 saturated heterocycles. The van der Waals surface area contributed by atoms with Crippen LogP contribution in [-0.2, 0) is 0 Å². The summed E-state index contributed by atoms with van der Waals surface area (Å²) < 4.78 is 0.976. The quantitative estimate of drug-likeness (QED) is 0.795. The van der Waals surface area contributed by atoms with Gasteiger partial charge in [0.1, 0.15) is 0 Å². The summed E-state index contributed by atoms with van der Waals surface area (Å²) in [6.07, 6.45) is 1.48. The lowest BCUT2D eigenvalue weighted by molar-refractivity contribution is 0.886. The van der Waals surface area contributed by atoms with Gasteiger partial charge in [-0.2, -0.15) is 4.68 Å². The third kappa shape index (κ3) is 2.39. The number of nitrogens with zero attached hydrogens (tertiary/aromatic N) is 2. The Morgan fingerprint density at radius 3 is 2.65 bits per heavy atom. The number of aromatic nitrogens is 2. The molecule has 0 fully saturated rings. The first-order chi connectivity index (χ1) is 8.08. The number of rotatable bonds is 2. The summed E-state index contributed by atoms with van der Waals surface area (Å²) >= 11 is 5.77. The van der Waals surface area contributed by atoms with Crippen molar-refractivity contribution < 1.29 is 0 Å². The van der Waals surface area contributed by atoms with E-state index in [1.54, 1.807) is 31.2 Å². The van der Waals surface area contributed by atoms with Gasteiger partial charge in [-0.1, -0.05) is 11.6 Å². The Balaban J connectivity index is 2.34. The van der Waals surface area contributed by atoms with Crippen LogP contribution in [-0.4, -0.2) is 9.66 Å². The molecule has 0 aliphatic heterocycles. The average molecular weight is 251 g/mol. The van der Waals surface area contributed by atoms with Crippen molar-refractivity contribution >= 4 is 23.2 Å². The maximum Gasteiger partial charge on any atom is 0.276 e. The largest absolute Gasteiger partial charge is 0.333 e. The number of nitrogens with one attached hydrogen (secondary N) is 1. The molecular weight excluding hydrogens is 240 g/mol. The van der Waals surface area contributed by atoms with Gasteiger partial charge in [-0.3, -0.25) is 4.79 Å². The first-order valence-corrected chi connectivity index (χ1v) is 5.32. The zero-order valence-electron chi connectivity index (χ0n) is 9.14. The number of hydrogen-bond donors (Lipinski definition) is 2. The highest BCUT2D eigenvalue weighted by atomic mass is 35.5. The number of hydrogen-bond acceptors (Lipinski definition) is 4.